The largest absolute Gasteiger partial charge is 0.508 e. The summed E-state index contributed by atoms with van der Waals surface area (Å²) < 4.78 is 1.43. The summed E-state index contributed by atoms with van der Waals surface area (Å²) in [5.41, 5.74) is 2.35. The molecule has 8 nitrogen and oxygen atoms in total. The van der Waals surface area contributed by atoms with Gasteiger partial charge in [0.15, 0.2) is 0 Å². The number of benzene rings is 3. The molecule has 0 radical (unpaired) electrons. The second-order valence-corrected chi connectivity index (χ2v) is 7.21. The van der Waals surface area contributed by atoms with E-state index in [0.29, 0.717) is 22.4 Å². The number of nitrogens with one attached hydrogen (secondary N) is 1. The molecule has 2 heterocycles. The lowest BCUT2D eigenvalue weighted by Crippen LogP contribution is -2.22. The highest BCUT2D eigenvalue weighted by Gasteiger charge is 2.13. The van der Waals surface area contributed by atoms with Gasteiger partial charge in [0.2, 0.25) is 0 Å². The van der Waals surface area contributed by atoms with Gasteiger partial charge >= 0.3 is 0 Å². The van der Waals surface area contributed by atoms with Gasteiger partial charge in [0.25, 0.3) is 11.2 Å². The van der Waals surface area contributed by atoms with Crippen molar-refractivity contribution in [2.75, 3.05) is 0 Å². The van der Waals surface area contributed by atoms with Crippen LogP contribution in [-0.4, -0.2) is 24.6 Å². The number of nitro groups is 1. The lowest BCUT2D eigenvalue weighted by atomic mass is 10.1. The maximum atomic E-state index is 13.3. The molecule has 0 bridgehead atoms. The van der Waals surface area contributed by atoms with E-state index >= 15 is 0 Å². The van der Waals surface area contributed by atoms with Crippen LogP contribution in [0.3, 0.4) is 0 Å². The summed E-state index contributed by atoms with van der Waals surface area (Å²) in [6, 6.07) is 17.8. The van der Waals surface area contributed by atoms with Crippen LogP contribution in [0.15, 0.2) is 77.7 Å². The van der Waals surface area contributed by atoms with Crippen LogP contribution in [0, 0.1) is 10.1 Å². The number of non-ortho nitro benzene ring substituents is 1. The monoisotopic (exact) mass is 424 g/mol. The smallest absolute Gasteiger partial charge is 0.269 e. The Morgan fingerprint density at radius 1 is 1.00 bits per heavy atom. The van der Waals surface area contributed by atoms with Crippen molar-refractivity contribution in [1.29, 1.82) is 0 Å². The van der Waals surface area contributed by atoms with Gasteiger partial charge in [-0.1, -0.05) is 12.1 Å². The maximum Gasteiger partial charge on any atom is 0.269 e. The van der Waals surface area contributed by atoms with Gasteiger partial charge in [-0.2, -0.15) is 0 Å². The Balaban J connectivity index is 1.70. The van der Waals surface area contributed by atoms with E-state index < -0.39 is 4.92 Å². The number of hydrogen-bond donors (Lipinski definition) is 2. The van der Waals surface area contributed by atoms with E-state index in [1.165, 1.54) is 28.8 Å². The second-order valence-electron chi connectivity index (χ2n) is 7.21. The summed E-state index contributed by atoms with van der Waals surface area (Å²) in [7, 11) is 0. The van der Waals surface area contributed by atoms with Gasteiger partial charge in [0.05, 0.1) is 21.5 Å². The molecular formula is C24H16N4O4. The summed E-state index contributed by atoms with van der Waals surface area (Å²) in [6.07, 6.45) is 5.31. The standard InChI is InChI=1S/C24H16N4O4/c29-18-10-11-21-20(13-18)15(14-25-21)5-12-23-26-22-4-2-1-3-19(22)24(30)27(23)16-6-8-17(9-7-16)28(31)32/h1-14,25,29H/b12-5+. The van der Waals surface area contributed by atoms with E-state index in [1.807, 2.05) is 0 Å². The van der Waals surface area contributed by atoms with Crippen molar-refractivity contribution in [3.63, 3.8) is 0 Å². The number of nitrogens with zero attached hydrogens (tertiary/aromatic N) is 3. The first-order chi connectivity index (χ1) is 15.5. The van der Waals surface area contributed by atoms with Crippen molar-refractivity contribution in [3.8, 4) is 11.4 Å². The molecule has 2 aromatic heterocycles. The molecule has 2 N–H and O–H groups in total. The van der Waals surface area contributed by atoms with Crippen molar-refractivity contribution in [3.05, 3.63) is 105 Å². The van der Waals surface area contributed by atoms with E-state index in [0.717, 1.165) is 16.5 Å². The van der Waals surface area contributed by atoms with E-state index in [2.05, 4.69) is 9.97 Å². The topological polar surface area (TPSA) is 114 Å². The van der Waals surface area contributed by atoms with Crippen LogP contribution in [-0.2, 0) is 0 Å². The third-order valence-electron chi connectivity index (χ3n) is 5.23. The lowest BCUT2D eigenvalue weighted by molar-refractivity contribution is -0.384. The van der Waals surface area contributed by atoms with Gasteiger partial charge in [0, 0.05) is 34.8 Å². The number of rotatable bonds is 4. The van der Waals surface area contributed by atoms with Crippen LogP contribution in [0.2, 0.25) is 0 Å². The minimum atomic E-state index is -0.488. The summed E-state index contributed by atoms with van der Waals surface area (Å²) in [6.45, 7) is 0. The predicted molar refractivity (Wildman–Crippen MR) is 123 cm³/mol. The zero-order valence-corrected chi connectivity index (χ0v) is 16.6. The highest BCUT2D eigenvalue weighted by atomic mass is 16.6. The molecule has 5 aromatic rings. The minimum absolute atomic E-state index is 0.0637. The maximum absolute atomic E-state index is 13.3. The van der Waals surface area contributed by atoms with Crippen molar-refractivity contribution in [1.82, 2.24) is 14.5 Å². The molecule has 0 aliphatic rings. The third kappa shape index (κ3) is 3.29. The van der Waals surface area contributed by atoms with Crippen LogP contribution in [0.25, 0.3) is 39.6 Å². The normalized spacial score (nSPS) is 11.5. The van der Waals surface area contributed by atoms with Crippen LogP contribution >= 0.6 is 0 Å². The zero-order valence-electron chi connectivity index (χ0n) is 16.6. The molecule has 0 unspecified atom stereocenters. The first kappa shape index (κ1) is 19.3. The number of para-hydroxylation sites is 1. The number of hydrogen-bond acceptors (Lipinski definition) is 5. The highest BCUT2D eigenvalue weighted by molar-refractivity contribution is 5.92. The molecule has 8 heteroatoms. The summed E-state index contributed by atoms with van der Waals surface area (Å²) in [4.78, 5) is 31.6. The van der Waals surface area contributed by atoms with Gasteiger partial charge in [-0.15, -0.1) is 0 Å². The molecule has 32 heavy (non-hydrogen) atoms. The molecule has 0 atom stereocenters. The highest BCUT2D eigenvalue weighted by Crippen LogP contribution is 2.25. The van der Waals surface area contributed by atoms with E-state index in [1.54, 1.807) is 60.8 Å². The van der Waals surface area contributed by atoms with Crippen LogP contribution in [0.4, 0.5) is 5.69 Å². The molecule has 0 saturated carbocycles. The number of nitro benzene ring substituents is 1. The fourth-order valence-corrected chi connectivity index (χ4v) is 3.67. The Labute approximate surface area is 180 Å². The minimum Gasteiger partial charge on any atom is -0.508 e. The van der Waals surface area contributed by atoms with E-state index in [9.17, 15) is 20.0 Å². The molecule has 156 valence electrons. The van der Waals surface area contributed by atoms with Crippen molar-refractivity contribution in [2.24, 2.45) is 0 Å². The lowest BCUT2D eigenvalue weighted by Gasteiger charge is -2.11. The molecule has 0 saturated heterocycles. The van der Waals surface area contributed by atoms with Gasteiger partial charge in [-0.3, -0.25) is 19.5 Å². The summed E-state index contributed by atoms with van der Waals surface area (Å²) in [5.74, 6) is 0.524. The molecule has 5 rings (SSSR count). The number of phenolic OH excluding ortho intramolecular Hbond substituents is 1. The van der Waals surface area contributed by atoms with Crippen LogP contribution in [0.1, 0.15) is 11.4 Å². The Morgan fingerprint density at radius 3 is 2.56 bits per heavy atom. The SMILES string of the molecule is O=c1c2ccccc2nc(/C=C/c2c[nH]c3ccc(O)cc23)n1-c1ccc([N+](=O)[O-])cc1. The number of H-pyrrole nitrogens is 1. The molecule has 0 aliphatic heterocycles. The number of aromatic amines is 1. The van der Waals surface area contributed by atoms with E-state index in [4.69, 9.17) is 0 Å². The molecule has 0 aliphatic carbocycles. The fourth-order valence-electron chi connectivity index (χ4n) is 3.67. The number of aromatic nitrogens is 3. The first-order valence-electron chi connectivity index (χ1n) is 9.76. The van der Waals surface area contributed by atoms with Crippen molar-refractivity contribution < 1.29 is 10.0 Å². The average molecular weight is 424 g/mol. The molecule has 0 spiro atoms. The fraction of sp³-hybridized carbons (Fsp3) is 0. The Kier molecular flexibility index (Phi) is 4.52. The van der Waals surface area contributed by atoms with Crippen LogP contribution < -0.4 is 5.56 Å². The number of aromatic hydroxyl groups is 1. The molecule has 0 amide bonds. The molecule has 0 fully saturated rings. The second kappa shape index (κ2) is 7.51. The first-order valence-corrected chi connectivity index (χ1v) is 9.76. The van der Waals surface area contributed by atoms with Gasteiger partial charge in [-0.25, -0.2) is 4.98 Å². The van der Waals surface area contributed by atoms with Gasteiger partial charge in [-0.05, 0) is 54.6 Å². The molecular weight excluding hydrogens is 408 g/mol. The average Bonchev–Trinajstić information content (AvgIpc) is 3.20. The van der Waals surface area contributed by atoms with Gasteiger partial charge in [0.1, 0.15) is 11.6 Å². The number of fused-ring (bicyclic) bond motifs is 2. The Bertz CT molecular complexity index is 1580. The summed E-state index contributed by atoms with van der Waals surface area (Å²) >= 11 is 0. The third-order valence-corrected chi connectivity index (χ3v) is 5.23. The quantitative estimate of drug-likeness (QED) is 0.322. The van der Waals surface area contributed by atoms with Crippen molar-refractivity contribution >= 4 is 39.6 Å². The zero-order chi connectivity index (χ0) is 22.2. The van der Waals surface area contributed by atoms with Crippen LogP contribution in [0.5, 0.6) is 5.75 Å². The molecule has 3 aromatic carbocycles. The predicted octanol–water partition coefficient (Wildman–Crippen LogP) is 4.65. The summed E-state index contributed by atoms with van der Waals surface area (Å²) in [5, 5.41) is 22.1. The number of phenols is 1. The Morgan fingerprint density at radius 2 is 1.78 bits per heavy atom. The van der Waals surface area contributed by atoms with E-state index in [-0.39, 0.29) is 17.0 Å². The van der Waals surface area contributed by atoms with Gasteiger partial charge < -0.3 is 10.1 Å². The Hall–Kier alpha value is -4.72. The van der Waals surface area contributed by atoms with Crippen molar-refractivity contribution in [2.45, 2.75) is 0 Å².